The predicted molar refractivity (Wildman–Crippen MR) is 247 cm³/mol. The lowest BCUT2D eigenvalue weighted by Gasteiger charge is -2.71. The van der Waals surface area contributed by atoms with Gasteiger partial charge in [-0.05, 0) is 115 Å². The van der Waals surface area contributed by atoms with Gasteiger partial charge in [0.1, 0.15) is 67.6 Å². The van der Waals surface area contributed by atoms with E-state index in [2.05, 4.69) is 54.5 Å². The molecule has 0 unspecified atom stereocenters. The molecule has 69 heavy (non-hydrogen) atoms. The molecule has 3 saturated heterocycles. The number of rotatable bonds is 10. The Labute approximate surface area is 406 Å². The number of carbonyl (C=O) groups is 1. The van der Waals surface area contributed by atoms with Crippen LogP contribution >= 0.6 is 0 Å². The van der Waals surface area contributed by atoms with Gasteiger partial charge in [-0.2, -0.15) is 0 Å². The Morgan fingerprint density at radius 2 is 1.30 bits per heavy atom. The van der Waals surface area contributed by atoms with Crippen molar-refractivity contribution >= 4 is 5.97 Å². The van der Waals surface area contributed by atoms with E-state index < -0.39 is 103 Å². The highest BCUT2D eigenvalue weighted by Crippen LogP contribution is 2.76. The lowest BCUT2D eigenvalue weighted by atomic mass is 9.33. The van der Waals surface area contributed by atoms with Crippen molar-refractivity contribution in [1.82, 2.24) is 0 Å². The summed E-state index contributed by atoms with van der Waals surface area (Å²) in [6.45, 7) is 15.5. The highest BCUT2D eigenvalue weighted by Gasteiger charge is 2.70. The Hall–Kier alpha value is -2.13. The predicted octanol–water partition coefficient (Wildman–Crippen LogP) is 3.64. The molecule has 16 heteroatoms. The van der Waals surface area contributed by atoms with E-state index in [1.165, 1.54) is 5.57 Å². The van der Waals surface area contributed by atoms with E-state index in [0.29, 0.717) is 12.3 Å². The molecule has 5 aliphatic carbocycles. The Kier molecular flexibility index (Phi) is 14.2. The van der Waals surface area contributed by atoms with Crippen molar-refractivity contribution < 1.29 is 78.8 Å². The zero-order valence-electron chi connectivity index (χ0n) is 41.5. The number of benzene rings is 1. The summed E-state index contributed by atoms with van der Waals surface area (Å²) >= 11 is 0. The van der Waals surface area contributed by atoms with Gasteiger partial charge in [0, 0.05) is 0 Å². The molecule has 388 valence electrons. The normalized spacial score (nSPS) is 49.3. The number of hydrogen-bond donors (Lipinski definition) is 8. The average molecular weight is 973 g/mol. The quantitative estimate of drug-likeness (QED) is 0.0948. The van der Waals surface area contributed by atoms with E-state index in [4.69, 9.17) is 33.2 Å². The average Bonchev–Trinajstić information content (AvgIpc) is 3.31. The van der Waals surface area contributed by atoms with Gasteiger partial charge < -0.3 is 74.0 Å². The lowest BCUT2D eigenvalue weighted by Crippen LogP contribution is -2.67. The van der Waals surface area contributed by atoms with E-state index in [1.807, 2.05) is 30.3 Å². The van der Waals surface area contributed by atoms with Crippen LogP contribution in [0, 0.1) is 50.2 Å². The Morgan fingerprint density at radius 1 is 0.681 bits per heavy atom. The topological polar surface area (TPSA) is 244 Å². The maximum Gasteiger partial charge on any atom is 0.313 e. The summed E-state index contributed by atoms with van der Waals surface area (Å²) in [5, 5.41) is 85.6. The molecular formula is C53H80O16. The second kappa shape index (κ2) is 19.0. The third-order valence-corrected chi connectivity index (χ3v) is 19.8. The van der Waals surface area contributed by atoms with Crippen LogP contribution in [-0.2, 0) is 44.6 Å². The number of allylic oxidation sites excluding steroid dienone is 2. The summed E-state index contributed by atoms with van der Waals surface area (Å²) in [5.41, 5.74) is 1.29. The fourth-order valence-electron chi connectivity index (χ4n) is 15.4. The minimum absolute atomic E-state index is 0.0462. The van der Waals surface area contributed by atoms with Crippen molar-refractivity contribution in [3.8, 4) is 0 Å². The van der Waals surface area contributed by atoms with Crippen molar-refractivity contribution in [3.63, 3.8) is 0 Å². The maximum absolute atomic E-state index is 14.5. The van der Waals surface area contributed by atoms with Gasteiger partial charge in [-0.3, -0.25) is 4.79 Å². The van der Waals surface area contributed by atoms with Crippen molar-refractivity contribution in [3.05, 3.63) is 47.5 Å². The Balaban J connectivity index is 0.966. The van der Waals surface area contributed by atoms with Crippen molar-refractivity contribution in [2.24, 2.45) is 50.2 Å². The molecule has 1 aromatic carbocycles. The number of hydrogen-bond acceptors (Lipinski definition) is 16. The highest BCUT2D eigenvalue weighted by atomic mass is 16.8. The lowest BCUT2D eigenvalue weighted by molar-refractivity contribution is -0.387. The number of carbonyl (C=O) groups excluding carboxylic acids is 1. The van der Waals surface area contributed by atoms with Crippen LogP contribution < -0.4 is 0 Å². The molecule has 8 N–H and O–H groups in total. The number of aliphatic hydroxyl groups excluding tert-OH is 8. The number of aliphatic hydroxyl groups is 8. The van der Waals surface area contributed by atoms with Gasteiger partial charge in [0.2, 0.25) is 0 Å². The van der Waals surface area contributed by atoms with Crippen LogP contribution in [0.5, 0.6) is 0 Å². The second-order valence-corrected chi connectivity index (χ2v) is 24.3. The van der Waals surface area contributed by atoms with Gasteiger partial charge in [-0.15, -0.1) is 0 Å². The summed E-state index contributed by atoms with van der Waals surface area (Å²) in [7, 11) is 0. The first-order valence-corrected chi connectivity index (χ1v) is 25.7. The fourth-order valence-corrected chi connectivity index (χ4v) is 15.4. The third-order valence-electron chi connectivity index (χ3n) is 19.8. The molecule has 16 nitrogen and oxygen atoms in total. The molecule has 3 aliphatic heterocycles. The highest BCUT2D eigenvalue weighted by molar-refractivity contribution is 5.79. The summed E-state index contributed by atoms with van der Waals surface area (Å²) in [6.07, 6.45) is -8.75. The largest absolute Gasteiger partial charge is 0.460 e. The Bertz CT molecular complexity index is 2020. The maximum atomic E-state index is 14.5. The summed E-state index contributed by atoms with van der Waals surface area (Å²) in [4.78, 5) is 14.5. The molecule has 1 aromatic rings. The van der Waals surface area contributed by atoms with Crippen LogP contribution in [0.25, 0.3) is 0 Å². The SMILES string of the molecule is CC1(C)CC[C@]2(C(=O)OCc3ccccc3)CC[C@]3(C)C(=CC[C@@H]4[C@@]5(C)CC[C@H](O[C@@H]6O[C@H](CO)[C@@H](O[C@H]7OC[C@@H](O)[C@H](O)[C@H]7O)[C@H](O)[C@H]6O[C@H]6OC[C@@H](O)[C@H](O)[C@H]6O)C(C)(C)[C@@H]5CC[C@]43C)[C@@H]2C1. The summed E-state index contributed by atoms with van der Waals surface area (Å²) < 4.78 is 42.9. The number of fused-ring (bicyclic) bond motifs is 7. The van der Waals surface area contributed by atoms with E-state index >= 15 is 0 Å². The van der Waals surface area contributed by atoms with Gasteiger partial charge in [0.25, 0.3) is 0 Å². The molecule has 9 rings (SSSR count). The first kappa shape index (κ1) is 51.8. The van der Waals surface area contributed by atoms with Crippen LogP contribution in [0.2, 0.25) is 0 Å². The van der Waals surface area contributed by atoms with Gasteiger partial charge >= 0.3 is 5.97 Å². The van der Waals surface area contributed by atoms with Crippen LogP contribution in [-0.4, -0.2) is 153 Å². The summed E-state index contributed by atoms with van der Waals surface area (Å²) in [6, 6.07) is 9.94. The molecule has 7 fully saturated rings. The smallest absolute Gasteiger partial charge is 0.313 e. The minimum atomic E-state index is -1.72. The molecule has 0 amide bonds. The fraction of sp³-hybridized carbons (Fsp3) is 0.830. The number of esters is 1. The molecule has 8 aliphatic rings. The molecule has 4 saturated carbocycles. The minimum Gasteiger partial charge on any atom is -0.460 e. The zero-order chi connectivity index (χ0) is 49.6. The van der Waals surface area contributed by atoms with Gasteiger partial charge in [0.05, 0.1) is 31.3 Å². The first-order valence-electron chi connectivity index (χ1n) is 25.7. The second-order valence-electron chi connectivity index (χ2n) is 24.3. The van der Waals surface area contributed by atoms with E-state index in [0.717, 1.165) is 63.4 Å². The van der Waals surface area contributed by atoms with Crippen molar-refractivity contribution in [1.29, 1.82) is 0 Å². The van der Waals surface area contributed by atoms with Crippen LogP contribution in [0.4, 0.5) is 0 Å². The van der Waals surface area contributed by atoms with Crippen LogP contribution in [0.3, 0.4) is 0 Å². The van der Waals surface area contributed by atoms with Crippen LogP contribution in [0.15, 0.2) is 42.0 Å². The molecule has 21 atom stereocenters. The zero-order valence-corrected chi connectivity index (χ0v) is 41.5. The van der Waals surface area contributed by atoms with Crippen LogP contribution in [0.1, 0.15) is 118 Å². The molecule has 0 spiro atoms. The van der Waals surface area contributed by atoms with Crippen molar-refractivity contribution in [2.75, 3.05) is 19.8 Å². The van der Waals surface area contributed by atoms with E-state index in [9.17, 15) is 45.6 Å². The van der Waals surface area contributed by atoms with E-state index in [-0.39, 0.29) is 59.3 Å². The van der Waals surface area contributed by atoms with Gasteiger partial charge in [-0.1, -0.05) is 90.4 Å². The van der Waals surface area contributed by atoms with Crippen molar-refractivity contribution in [2.45, 2.75) is 205 Å². The molecule has 0 aromatic heterocycles. The third kappa shape index (κ3) is 8.69. The first-order chi connectivity index (χ1) is 32.5. The van der Waals surface area contributed by atoms with Gasteiger partial charge in [-0.25, -0.2) is 0 Å². The molecular weight excluding hydrogens is 893 g/mol. The standard InChI is InChI=1S/C53H80O16/c1-48(2)19-21-53(47(62)65-25-28-11-9-8-10-12-28)22-20-51(6)29(30(53)23-48)13-14-35-50(5)17-16-36(49(3,4)34(50)15-18-52(35,51)7)67-46-43(69-45-40(60)38(58)32(56)27-64-45)41(61)42(33(24-54)66-46)68-44-39(59)37(57)31(55)26-63-44/h8-13,30-46,54-61H,14-27H2,1-7H3/t30-,31+,32+,33+,34-,35+,36-,37-,38-,39+,40+,41-,42+,43+,44+,45+,46-,50-,51+,52+,53-/m0/s1. The summed E-state index contributed by atoms with van der Waals surface area (Å²) in [5.74, 6) is 0.601. The monoisotopic (exact) mass is 973 g/mol. The Morgan fingerprint density at radius 3 is 1.94 bits per heavy atom. The van der Waals surface area contributed by atoms with E-state index in [1.54, 1.807) is 0 Å². The molecule has 0 bridgehead atoms. The molecule has 3 heterocycles. The molecule has 0 radical (unpaired) electrons. The van der Waals surface area contributed by atoms with Gasteiger partial charge in [0.15, 0.2) is 18.9 Å². The number of ether oxygens (including phenoxy) is 7.